The molecule has 0 radical (unpaired) electrons. The molecule has 5 rings (SSSR count). The Morgan fingerprint density at radius 2 is 2.09 bits per heavy atom. The molecule has 1 aliphatic carbocycles. The highest BCUT2D eigenvalue weighted by atomic mass is 35.5. The summed E-state index contributed by atoms with van der Waals surface area (Å²) in [6.07, 6.45) is 3.90. The lowest BCUT2D eigenvalue weighted by Crippen LogP contribution is -2.35. The number of ether oxygens (including phenoxy) is 1. The first kappa shape index (κ1) is 23.1. The molecule has 0 bridgehead atoms. The van der Waals surface area contributed by atoms with Crippen molar-refractivity contribution in [2.45, 2.75) is 44.7 Å². The third kappa shape index (κ3) is 3.41. The van der Waals surface area contributed by atoms with Gasteiger partial charge in [0.15, 0.2) is 11.6 Å². The number of aromatic nitrogens is 2. The number of aromatic amines is 1. The number of nitrogens with zero attached hydrogens (tertiary/aromatic N) is 2. The van der Waals surface area contributed by atoms with Gasteiger partial charge in [0.05, 0.1) is 18.0 Å². The fourth-order valence-corrected chi connectivity index (χ4v) is 6.10. The molecule has 32 heavy (non-hydrogen) atoms. The summed E-state index contributed by atoms with van der Waals surface area (Å²) in [5.41, 5.74) is 0.163. The van der Waals surface area contributed by atoms with Crippen LogP contribution < -0.4 is 25.9 Å². The molecule has 7 nitrogen and oxygen atoms in total. The molecule has 1 aliphatic heterocycles. The van der Waals surface area contributed by atoms with Crippen LogP contribution in [0.4, 0.5) is 10.1 Å². The molecule has 3 heterocycles. The van der Waals surface area contributed by atoms with E-state index < -0.39 is 16.8 Å². The molecule has 3 aromatic rings. The molecule has 1 aromatic carbocycles. The summed E-state index contributed by atoms with van der Waals surface area (Å²) in [7, 11) is 3.50. The van der Waals surface area contributed by atoms with E-state index in [0.29, 0.717) is 33.7 Å². The zero-order valence-electron chi connectivity index (χ0n) is 18.4. The molecule has 0 amide bonds. The number of pyridine rings is 1. The van der Waals surface area contributed by atoms with E-state index in [-0.39, 0.29) is 29.2 Å². The number of rotatable bonds is 6. The summed E-state index contributed by atoms with van der Waals surface area (Å²) in [5.74, 6) is 0.325. The molecule has 2 N–H and O–H groups in total. The number of fused-ring (bicyclic) bond motifs is 2. The first-order valence-corrected chi connectivity index (χ1v) is 11.7. The fraction of sp³-hybridized carbons (Fsp3) is 0.545. The van der Waals surface area contributed by atoms with Gasteiger partial charge >= 0.3 is 0 Å². The molecular weight excluding hydrogens is 455 g/mol. The Kier molecular flexibility index (Phi) is 6.26. The van der Waals surface area contributed by atoms with Gasteiger partial charge in [0.25, 0.3) is 5.56 Å². The highest BCUT2D eigenvalue weighted by Gasteiger charge is 2.35. The maximum atomic E-state index is 15.5. The van der Waals surface area contributed by atoms with Crippen molar-refractivity contribution in [2.24, 2.45) is 5.92 Å². The van der Waals surface area contributed by atoms with Gasteiger partial charge in [0, 0.05) is 25.2 Å². The van der Waals surface area contributed by atoms with Crippen LogP contribution in [0.5, 0.6) is 5.75 Å². The van der Waals surface area contributed by atoms with Gasteiger partial charge in [-0.05, 0) is 56.2 Å². The number of anilines is 1. The predicted octanol–water partition coefficient (Wildman–Crippen LogP) is 3.63. The molecule has 2 atom stereocenters. The van der Waals surface area contributed by atoms with E-state index >= 15 is 4.39 Å². The second-order valence-electron chi connectivity index (χ2n) is 8.58. The molecule has 1 saturated carbocycles. The van der Waals surface area contributed by atoms with E-state index in [4.69, 9.17) is 4.74 Å². The third-order valence-corrected chi connectivity index (χ3v) is 7.71. The van der Waals surface area contributed by atoms with E-state index in [1.165, 1.54) is 13.2 Å². The number of methoxy groups -OCH3 is 1. The highest BCUT2D eigenvalue weighted by Crippen LogP contribution is 2.46. The van der Waals surface area contributed by atoms with E-state index in [0.717, 1.165) is 50.3 Å². The Balaban J connectivity index is 0.00000245. The van der Waals surface area contributed by atoms with Crippen LogP contribution >= 0.6 is 23.9 Å². The lowest BCUT2D eigenvalue weighted by atomic mass is 9.97. The Morgan fingerprint density at radius 3 is 2.72 bits per heavy atom. The van der Waals surface area contributed by atoms with E-state index in [2.05, 4.69) is 16.6 Å². The normalized spacial score (nSPS) is 19.5. The topological polar surface area (TPSA) is 79.4 Å². The minimum Gasteiger partial charge on any atom is -0.492 e. The smallest absolute Gasteiger partial charge is 0.271 e. The Hall–Kier alpha value is -2.10. The quantitative estimate of drug-likeness (QED) is 0.561. The van der Waals surface area contributed by atoms with Crippen molar-refractivity contribution in [3.8, 4) is 5.75 Å². The summed E-state index contributed by atoms with van der Waals surface area (Å²) in [6, 6.07) is 1.86. The van der Waals surface area contributed by atoms with Crippen molar-refractivity contribution < 1.29 is 9.13 Å². The van der Waals surface area contributed by atoms with Gasteiger partial charge in [-0.2, -0.15) is 0 Å². The number of H-pyrrole nitrogens is 1. The average molecular weight is 483 g/mol. The van der Waals surface area contributed by atoms with Crippen LogP contribution in [0.1, 0.15) is 38.6 Å². The first-order chi connectivity index (χ1) is 15.0. The van der Waals surface area contributed by atoms with Crippen LogP contribution in [0, 0.1) is 11.7 Å². The van der Waals surface area contributed by atoms with E-state index in [1.54, 1.807) is 0 Å². The standard InChI is InChI=1S/C22H27FN4O3S.ClH/c1-4-15(24-2)11-7-8-26(10-11)18-14(23)9-13-17(20(18)30-3)27(12-5-6-12)22-16(19(13)28)21(29)25-31-22;/h9,11-12,15,24H,4-8,10H2,1-3H3,(H,25,29);1H/t11-,15-;/m1./s1. The SMILES string of the molecule is CC[C@@H](NC)[C@@H]1CCN(c2c(F)cc3c(=O)c4c(=O)[nH]sc4n(C4CC4)c3c2OC)C1.Cl. The van der Waals surface area contributed by atoms with Crippen LogP contribution in [0.2, 0.25) is 0 Å². The second-order valence-corrected chi connectivity index (χ2v) is 9.37. The Bertz CT molecular complexity index is 1280. The van der Waals surface area contributed by atoms with Gasteiger partial charge in [0.1, 0.15) is 15.9 Å². The second kappa shape index (κ2) is 8.68. The number of halogens is 2. The van der Waals surface area contributed by atoms with Crippen molar-refractivity contribution in [3.63, 3.8) is 0 Å². The summed E-state index contributed by atoms with van der Waals surface area (Å²) in [4.78, 5) is 28.1. The minimum atomic E-state index is -0.479. The number of hydrogen-bond acceptors (Lipinski definition) is 6. The molecule has 2 aliphatic rings. The predicted molar refractivity (Wildman–Crippen MR) is 130 cm³/mol. The third-order valence-electron chi connectivity index (χ3n) is 6.83. The van der Waals surface area contributed by atoms with Crippen LogP contribution in [-0.2, 0) is 0 Å². The monoisotopic (exact) mass is 482 g/mol. The lowest BCUT2D eigenvalue weighted by Gasteiger charge is -2.26. The Labute approximate surface area is 195 Å². The van der Waals surface area contributed by atoms with Gasteiger partial charge in [-0.3, -0.25) is 14.0 Å². The van der Waals surface area contributed by atoms with Gasteiger partial charge in [-0.15, -0.1) is 12.4 Å². The van der Waals surface area contributed by atoms with Gasteiger partial charge in [-0.1, -0.05) is 6.92 Å². The molecule has 174 valence electrons. The van der Waals surface area contributed by atoms with Crippen molar-refractivity contribution in [2.75, 3.05) is 32.1 Å². The molecule has 0 unspecified atom stereocenters. The molecular formula is C22H28ClFN4O3S. The van der Waals surface area contributed by atoms with Gasteiger partial charge in [-0.25, -0.2) is 4.39 Å². The van der Waals surface area contributed by atoms with Crippen molar-refractivity contribution in [1.29, 1.82) is 0 Å². The molecule has 0 spiro atoms. The van der Waals surface area contributed by atoms with Gasteiger partial charge < -0.3 is 19.5 Å². The van der Waals surface area contributed by atoms with E-state index in [1.807, 2.05) is 16.5 Å². The largest absolute Gasteiger partial charge is 0.492 e. The maximum Gasteiger partial charge on any atom is 0.271 e. The lowest BCUT2D eigenvalue weighted by molar-refractivity contribution is 0.389. The summed E-state index contributed by atoms with van der Waals surface area (Å²) >= 11 is 1.16. The molecule has 2 aromatic heterocycles. The van der Waals surface area contributed by atoms with Crippen molar-refractivity contribution >= 4 is 50.7 Å². The maximum absolute atomic E-state index is 15.5. The molecule has 10 heteroatoms. The summed E-state index contributed by atoms with van der Waals surface area (Å²) < 4.78 is 26.0. The zero-order valence-corrected chi connectivity index (χ0v) is 20.0. The minimum absolute atomic E-state index is 0. The number of nitrogens with one attached hydrogen (secondary N) is 2. The van der Waals surface area contributed by atoms with E-state index in [9.17, 15) is 9.59 Å². The summed E-state index contributed by atoms with van der Waals surface area (Å²) in [6.45, 7) is 3.61. The average Bonchev–Trinajstić information content (AvgIpc) is 3.36. The molecule has 1 saturated heterocycles. The summed E-state index contributed by atoms with van der Waals surface area (Å²) in [5, 5.41) is 3.69. The van der Waals surface area contributed by atoms with Crippen LogP contribution in [0.15, 0.2) is 15.7 Å². The van der Waals surface area contributed by atoms with Crippen molar-refractivity contribution in [3.05, 3.63) is 32.5 Å². The number of hydrogen-bond donors (Lipinski definition) is 2. The first-order valence-electron chi connectivity index (χ1n) is 10.9. The van der Waals surface area contributed by atoms with Crippen LogP contribution in [0.25, 0.3) is 21.1 Å². The van der Waals surface area contributed by atoms with Crippen molar-refractivity contribution in [1.82, 2.24) is 14.3 Å². The number of benzene rings is 1. The zero-order chi connectivity index (χ0) is 21.9. The van der Waals surface area contributed by atoms with Crippen LogP contribution in [0.3, 0.4) is 0 Å². The Morgan fingerprint density at radius 1 is 1.34 bits per heavy atom. The fourth-order valence-electron chi connectivity index (χ4n) is 5.18. The highest BCUT2D eigenvalue weighted by molar-refractivity contribution is 7.12. The molecule has 2 fully saturated rings. The van der Waals surface area contributed by atoms with Crippen LogP contribution in [-0.4, -0.2) is 42.2 Å². The van der Waals surface area contributed by atoms with Gasteiger partial charge in [0.2, 0.25) is 5.43 Å².